The van der Waals surface area contributed by atoms with Gasteiger partial charge in [-0.25, -0.2) is 9.59 Å². The molecular formula is C27H32N2O5S. The molecule has 7 nitrogen and oxygen atoms in total. The van der Waals surface area contributed by atoms with Gasteiger partial charge < -0.3 is 20.5 Å². The minimum atomic E-state index is -1.04. The summed E-state index contributed by atoms with van der Waals surface area (Å²) in [5.41, 5.74) is 4.61. The van der Waals surface area contributed by atoms with Gasteiger partial charge in [0.15, 0.2) is 0 Å². The topological polar surface area (TPSA) is 105 Å². The van der Waals surface area contributed by atoms with Crippen molar-refractivity contribution in [1.29, 1.82) is 0 Å². The van der Waals surface area contributed by atoms with Crippen LogP contribution in [-0.4, -0.2) is 53.8 Å². The molecule has 0 spiro atoms. The van der Waals surface area contributed by atoms with E-state index in [1.807, 2.05) is 30.5 Å². The summed E-state index contributed by atoms with van der Waals surface area (Å²) >= 11 is 1.54. The number of thioether (sulfide) groups is 1. The SMILES string of the molecule is CSCCC(NC(=O)[C@@H]1CCCC[C@@H]1NC(=O)OCC1c2ccccc2-c2ccccc21)C(=O)O. The Morgan fingerprint density at radius 2 is 1.66 bits per heavy atom. The number of hydrogen-bond donors (Lipinski definition) is 3. The molecule has 0 aliphatic heterocycles. The van der Waals surface area contributed by atoms with Crippen molar-refractivity contribution in [2.24, 2.45) is 5.92 Å². The molecule has 1 saturated carbocycles. The van der Waals surface area contributed by atoms with Crippen molar-refractivity contribution in [3.8, 4) is 11.1 Å². The van der Waals surface area contributed by atoms with E-state index in [1.54, 1.807) is 0 Å². The Hall–Kier alpha value is -3.00. The largest absolute Gasteiger partial charge is 0.480 e. The number of ether oxygens (including phenoxy) is 1. The van der Waals surface area contributed by atoms with Gasteiger partial charge in [-0.05, 0) is 53.5 Å². The van der Waals surface area contributed by atoms with Crippen molar-refractivity contribution in [3.05, 3.63) is 59.7 Å². The van der Waals surface area contributed by atoms with Crippen molar-refractivity contribution in [2.45, 2.75) is 50.1 Å². The van der Waals surface area contributed by atoms with E-state index in [0.717, 1.165) is 35.1 Å². The van der Waals surface area contributed by atoms with Gasteiger partial charge >= 0.3 is 12.1 Å². The predicted octanol–water partition coefficient (Wildman–Crippen LogP) is 4.41. The zero-order valence-electron chi connectivity index (χ0n) is 19.9. The van der Waals surface area contributed by atoms with E-state index in [-0.39, 0.29) is 24.5 Å². The minimum absolute atomic E-state index is 0.0358. The number of aliphatic carboxylic acids is 1. The summed E-state index contributed by atoms with van der Waals surface area (Å²) < 4.78 is 5.66. The molecule has 2 aliphatic rings. The van der Waals surface area contributed by atoms with E-state index < -0.39 is 24.0 Å². The average molecular weight is 497 g/mol. The molecule has 2 amide bonds. The number of fused-ring (bicyclic) bond motifs is 3. The Balaban J connectivity index is 1.37. The molecule has 0 aromatic heterocycles. The molecule has 8 heteroatoms. The van der Waals surface area contributed by atoms with Crippen molar-refractivity contribution in [3.63, 3.8) is 0 Å². The third-order valence-corrected chi connectivity index (χ3v) is 7.62. The predicted molar refractivity (Wildman–Crippen MR) is 137 cm³/mol. The first-order valence-electron chi connectivity index (χ1n) is 12.1. The summed E-state index contributed by atoms with van der Waals surface area (Å²) in [4.78, 5) is 37.3. The molecule has 0 heterocycles. The zero-order chi connectivity index (χ0) is 24.8. The van der Waals surface area contributed by atoms with Gasteiger partial charge in [0.1, 0.15) is 12.6 Å². The number of nitrogens with one attached hydrogen (secondary N) is 2. The lowest BCUT2D eigenvalue weighted by Crippen LogP contribution is -2.52. The smallest absolute Gasteiger partial charge is 0.407 e. The number of carboxylic acids is 1. The molecule has 0 saturated heterocycles. The second-order valence-corrected chi connectivity index (χ2v) is 10.1. The number of carbonyl (C=O) groups is 3. The van der Waals surface area contributed by atoms with Gasteiger partial charge in [-0.15, -0.1) is 0 Å². The zero-order valence-corrected chi connectivity index (χ0v) is 20.7. The van der Waals surface area contributed by atoms with Crippen LogP contribution in [0.4, 0.5) is 4.79 Å². The lowest BCUT2D eigenvalue weighted by Gasteiger charge is -2.31. The Morgan fingerprint density at radius 3 is 2.29 bits per heavy atom. The van der Waals surface area contributed by atoms with Crippen LogP contribution < -0.4 is 10.6 Å². The maximum absolute atomic E-state index is 12.9. The Bertz CT molecular complexity index is 1030. The highest BCUT2D eigenvalue weighted by Gasteiger charge is 2.35. The van der Waals surface area contributed by atoms with Gasteiger partial charge in [-0.1, -0.05) is 61.4 Å². The van der Waals surface area contributed by atoms with Gasteiger partial charge in [0.25, 0.3) is 0 Å². The first-order chi connectivity index (χ1) is 17.0. The Kier molecular flexibility index (Phi) is 8.33. The van der Waals surface area contributed by atoms with E-state index in [4.69, 9.17) is 4.74 Å². The van der Waals surface area contributed by atoms with Crippen LogP contribution in [-0.2, 0) is 14.3 Å². The highest BCUT2D eigenvalue weighted by molar-refractivity contribution is 7.98. The van der Waals surface area contributed by atoms with Crippen LogP contribution in [0.15, 0.2) is 48.5 Å². The molecule has 186 valence electrons. The molecule has 2 aromatic carbocycles. The van der Waals surface area contributed by atoms with E-state index in [1.165, 1.54) is 11.8 Å². The molecule has 0 bridgehead atoms. The van der Waals surface area contributed by atoms with Crippen LogP contribution in [0.1, 0.15) is 49.1 Å². The van der Waals surface area contributed by atoms with Crippen molar-refractivity contribution in [1.82, 2.24) is 10.6 Å². The fourth-order valence-electron chi connectivity index (χ4n) is 5.18. The number of alkyl carbamates (subject to hydrolysis) is 1. The highest BCUT2D eigenvalue weighted by atomic mass is 32.2. The average Bonchev–Trinajstić information content (AvgIpc) is 3.19. The minimum Gasteiger partial charge on any atom is -0.480 e. The summed E-state index contributed by atoms with van der Waals surface area (Å²) in [6.07, 6.45) is 4.74. The van der Waals surface area contributed by atoms with Crippen molar-refractivity contribution in [2.75, 3.05) is 18.6 Å². The monoisotopic (exact) mass is 496 g/mol. The lowest BCUT2D eigenvalue weighted by atomic mass is 9.83. The molecule has 3 N–H and O–H groups in total. The van der Waals surface area contributed by atoms with E-state index in [9.17, 15) is 19.5 Å². The van der Waals surface area contributed by atoms with E-state index in [0.29, 0.717) is 25.0 Å². The van der Waals surface area contributed by atoms with Gasteiger partial charge in [-0.3, -0.25) is 4.79 Å². The summed E-state index contributed by atoms with van der Waals surface area (Å²) in [6.45, 7) is 0.208. The number of carbonyl (C=O) groups excluding carboxylic acids is 2. The quantitative estimate of drug-likeness (QED) is 0.475. The molecule has 4 rings (SSSR count). The van der Waals surface area contributed by atoms with Crippen LogP contribution in [0, 0.1) is 5.92 Å². The van der Waals surface area contributed by atoms with E-state index in [2.05, 4.69) is 34.9 Å². The highest BCUT2D eigenvalue weighted by Crippen LogP contribution is 2.44. The normalized spacial score (nSPS) is 19.8. The van der Waals surface area contributed by atoms with Crippen molar-refractivity contribution >= 4 is 29.7 Å². The van der Waals surface area contributed by atoms with Crippen LogP contribution >= 0.6 is 11.8 Å². The molecule has 35 heavy (non-hydrogen) atoms. The van der Waals surface area contributed by atoms with Crippen LogP contribution in [0.25, 0.3) is 11.1 Å². The fourth-order valence-corrected chi connectivity index (χ4v) is 5.65. The molecular weight excluding hydrogens is 464 g/mol. The Labute approximate surface area is 210 Å². The third kappa shape index (κ3) is 5.81. The molecule has 2 aliphatic carbocycles. The number of rotatable bonds is 9. The van der Waals surface area contributed by atoms with Crippen molar-refractivity contribution < 1.29 is 24.2 Å². The van der Waals surface area contributed by atoms with Crippen LogP contribution in [0.3, 0.4) is 0 Å². The maximum atomic E-state index is 12.9. The Morgan fingerprint density at radius 1 is 1.03 bits per heavy atom. The van der Waals surface area contributed by atoms with Crippen LogP contribution in [0.2, 0.25) is 0 Å². The first kappa shape index (κ1) is 25.1. The lowest BCUT2D eigenvalue weighted by molar-refractivity contribution is -0.142. The van der Waals surface area contributed by atoms with Crippen LogP contribution in [0.5, 0.6) is 0 Å². The van der Waals surface area contributed by atoms with Gasteiger partial charge in [0.2, 0.25) is 5.91 Å². The second-order valence-electron chi connectivity index (χ2n) is 9.15. The number of benzene rings is 2. The van der Waals surface area contributed by atoms with Gasteiger partial charge in [0.05, 0.1) is 5.92 Å². The molecule has 1 fully saturated rings. The van der Waals surface area contributed by atoms with Gasteiger partial charge in [0, 0.05) is 12.0 Å². The summed E-state index contributed by atoms with van der Waals surface area (Å²) in [6, 6.07) is 15.0. The molecule has 1 unspecified atom stereocenters. The molecule has 0 radical (unpaired) electrons. The molecule has 2 aromatic rings. The maximum Gasteiger partial charge on any atom is 0.407 e. The number of amides is 2. The fraction of sp³-hybridized carbons (Fsp3) is 0.444. The summed E-state index contributed by atoms with van der Waals surface area (Å²) in [5, 5.41) is 15.0. The standard InChI is InChI=1S/C27H32N2O5S/c1-35-15-14-24(26(31)32)28-25(30)21-12-6-7-13-23(21)29-27(33)34-16-22-19-10-4-2-8-17(19)18-9-3-5-11-20(18)22/h2-5,8-11,21-24H,6-7,12-16H2,1H3,(H,28,30)(H,29,33)(H,31,32)/t21-,23+,24?/m1/s1. The summed E-state index contributed by atoms with van der Waals surface area (Å²) in [5.74, 6) is -1.22. The number of carboxylic acid groups (broad SMARTS) is 1. The first-order valence-corrected chi connectivity index (χ1v) is 13.5. The summed E-state index contributed by atoms with van der Waals surface area (Å²) in [7, 11) is 0. The van der Waals surface area contributed by atoms with Gasteiger partial charge in [-0.2, -0.15) is 11.8 Å². The van der Waals surface area contributed by atoms with E-state index >= 15 is 0 Å². The number of hydrogen-bond acceptors (Lipinski definition) is 5. The second kappa shape index (κ2) is 11.6. The third-order valence-electron chi connectivity index (χ3n) is 6.97. The molecule has 3 atom stereocenters.